The quantitative estimate of drug-likeness (QED) is 0.936. The number of likely N-dealkylation sites (tertiary alicyclic amines) is 1. The van der Waals surface area contributed by atoms with Crippen LogP contribution in [-0.4, -0.2) is 29.0 Å². The number of rotatable bonds is 4. The van der Waals surface area contributed by atoms with E-state index in [1.54, 1.807) is 12.1 Å². The number of hydrogen-bond donors (Lipinski definition) is 1. The highest BCUT2D eigenvalue weighted by atomic mass is 19.1. The summed E-state index contributed by atoms with van der Waals surface area (Å²) in [6.45, 7) is 4.94. The molecule has 0 spiro atoms. The third-order valence-corrected chi connectivity index (χ3v) is 4.57. The summed E-state index contributed by atoms with van der Waals surface area (Å²) in [6.07, 6.45) is 2.77. The first kappa shape index (κ1) is 16.4. The van der Waals surface area contributed by atoms with Crippen LogP contribution in [0.1, 0.15) is 24.6 Å². The zero-order chi connectivity index (χ0) is 16.9. The van der Waals surface area contributed by atoms with Crippen LogP contribution in [0.5, 0.6) is 0 Å². The van der Waals surface area contributed by atoms with Crippen LogP contribution in [0.25, 0.3) is 0 Å². The molecule has 0 bridgehead atoms. The highest BCUT2D eigenvalue weighted by Gasteiger charge is 2.27. The molecule has 0 amide bonds. The molecule has 5 heteroatoms. The number of aromatic nitrogens is 1. The molecule has 1 N–H and O–H groups in total. The maximum atomic E-state index is 13.7. The normalized spacial score (nSPS) is 21.2. The molecule has 1 aromatic heterocycles. The van der Waals surface area contributed by atoms with Crippen LogP contribution in [0.4, 0.5) is 10.1 Å². The van der Waals surface area contributed by atoms with Crippen LogP contribution in [0.2, 0.25) is 0 Å². The molecule has 1 aromatic carbocycles. The summed E-state index contributed by atoms with van der Waals surface area (Å²) in [7, 11) is 0. The molecule has 2 unspecified atom stereocenters. The Labute approximate surface area is 141 Å². The predicted molar refractivity (Wildman–Crippen MR) is 91.8 cm³/mol. The Bertz CT molecular complexity index is 726. The Morgan fingerprint density at radius 1 is 1.33 bits per heavy atom. The maximum Gasteiger partial charge on any atom is 0.143 e. The van der Waals surface area contributed by atoms with Gasteiger partial charge < -0.3 is 5.32 Å². The molecule has 124 valence electrons. The standard InChI is InChI=1S/C19H21FN4/c1-14-12-24(13-15-5-2-3-9-22-15)10-8-18(14)23-19-7-4-6-17(20)16(19)11-21/h2-7,9,14,18,23H,8,10,12-13H2,1H3. The van der Waals surface area contributed by atoms with E-state index in [2.05, 4.69) is 22.1 Å². The van der Waals surface area contributed by atoms with Gasteiger partial charge in [-0.1, -0.05) is 19.1 Å². The van der Waals surface area contributed by atoms with E-state index in [0.717, 1.165) is 31.7 Å². The highest BCUT2D eigenvalue weighted by molar-refractivity contribution is 5.58. The lowest BCUT2D eigenvalue weighted by molar-refractivity contribution is 0.163. The van der Waals surface area contributed by atoms with Gasteiger partial charge in [0.15, 0.2) is 0 Å². The molecule has 0 radical (unpaired) electrons. The largest absolute Gasteiger partial charge is 0.381 e. The molecule has 1 aliphatic heterocycles. The van der Waals surface area contributed by atoms with Crippen LogP contribution in [0, 0.1) is 23.1 Å². The van der Waals surface area contributed by atoms with Crippen molar-refractivity contribution in [2.75, 3.05) is 18.4 Å². The summed E-state index contributed by atoms with van der Waals surface area (Å²) in [5.41, 5.74) is 1.76. The summed E-state index contributed by atoms with van der Waals surface area (Å²) in [5, 5.41) is 12.5. The van der Waals surface area contributed by atoms with Crippen molar-refractivity contribution in [3.8, 4) is 6.07 Å². The van der Waals surface area contributed by atoms with E-state index < -0.39 is 5.82 Å². The summed E-state index contributed by atoms with van der Waals surface area (Å²) in [4.78, 5) is 6.77. The van der Waals surface area contributed by atoms with Crippen molar-refractivity contribution < 1.29 is 4.39 Å². The van der Waals surface area contributed by atoms with Crippen molar-refractivity contribution in [1.29, 1.82) is 5.26 Å². The number of nitriles is 1. The molecular formula is C19H21FN4. The van der Waals surface area contributed by atoms with Gasteiger partial charge in [0.25, 0.3) is 0 Å². The average molecular weight is 324 g/mol. The number of anilines is 1. The van der Waals surface area contributed by atoms with Crippen molar-refractivity contribution in [1.82, 2.24) is 9.88 Å². The van der Waals surface area contributed by atoms with E-state index in [9.17, 15) is 4.39 Å². The van der Waals surface area contributed by atoms with Crippen LogP contribution >= 0.6 is 0 Å². The minimum atomic E-state index is -0.470. The first-order valence-electron chi connectivity index (χ1n) is 8.25. The molecule has 0 saturated carbocycles. The Balaban J connectivity index is 1.62. The molecule has 3 rings (SSSR count). The number of nitrogens with zero attached hydrogens (tertiary/aromatic N) is 3. The lowest BCUT2D eigenvalue weighted by Crippen LogP contribution is -2.45. The number of benzene rings is 1. The minimum Gasteiger partial charge on any atom is -0.381 e. The average Bonchev–Trinajstić information content (AvgIpc) is 2.58. The first-order chi connectivity index (χ1) is 11.7. The molecular weight excluding hydrogens is 303 g/mol. The van der Waals surface area contributed by atoms with Gasteiger partial charge in [-0.05, 0) is 36.6 Å². The Morgan fingerprint density at radius 3 is 2.92 bits per heavy atom. The predicted octanol–water partition coefficient (Wildman–Crippen LogP) is 3.41. The summed E-state index contributed by atoms with van der Waals surface area (Å²) < 4.78 is 13.7. The Morgan fingerprint density at radius 2 is 2.21 bits per heavy atom. The molecule has 1 fully saturated rings. The zero-order valence-corrected chi connectivity index (χ0v) is 13.7. The second-order valence-electron chi connectivity index (χ2n) is 6.35. The van der Waals surface area contributed by atoms with Gasteiger partial charge in [0.2, 0.25) is 0 Å². The fraction of sp³-hybridized carbons (Fsp3) is 0.368. The minimum absolute atomic E-state index is 0.0978. The van der Waals surface area contributed by atoms with Crippen molar-refractivity contribution in [3.63, 3.8) is 0 Å². The summed E-state index contributed by atoms with van der Waals surface area (Å²) >= 11 is 0. The first-order valence-corrected chi connectivity index (χ1v) is 8.25. The third kappa shape index (κ3) is 3.72. The van der Waals surface area contributed by atoms with Crippen LogP contribution in [-0.2, 0) is 6.54 Å². The van der Waals surface area contributed by atoms with E-state index >= 15 is 0 Å². The van der Waals surface area contributed by atoms with E-state index in [-0.39, 0.29) is 11.6 Å². The van der Waals surface area contributed by atoms with Crippen molar-refractivity contribution in [3.05, 3.63) is 59.7 Å². The Kier molecular flexibility index (Phi) is 5.07. The SMILES string of the molecule is CC1CN(Cc2ccccn2)CCC1Nc1cccc(F)c1C#N. The van der Waals surface area contributed by atoms with Crippen LogP contribution < -0.4 is 5.32 Å². The molecule has 0 aliphatic carbocycles. The van der Waals surface area contributed by atoms with Gasteiger partial charge in [0, 0.05) is 31.9 Å². The number of nitrogens with one attached hydrogen (secondary N) is 1. The molecule has 2 heterocycles. The summed E-state index contributed by atoms with van der Waals surface area (Å²) in [6, 6.07) is 12.9. The van der Waals surface area contributed by atoms with Crippen LogP contribution in [0.15, 0.2) is 42.6 Å². The number of hydrogen-bond acceptors (Lipinski definition) is 4. The molecule has 2 aromatic rings. The van der Waals surface area contributed by atoms with Gasteiger partial charge in [0.1, 0.15) is 17.4 Å². The molecule has 1 aliphatic rings. The fourth-order valence-electron chi connectivity index (χ4n) is 3.27. The smallest absolute Gasteiger partial charge is 0.143 e. The van der Waals surface area contributed by atoms with E-state index in [0.29, 0.717) is 11.6 Å². The lowest BCUT2D eigenvalue weighted by atomic mass is 9.93. The maximum absolute atomic E-state index is 13.7. The molecule has 2 atom stereocenters. The van der Waals surface area contributed by atoms with Gasteiger partial charge in [0.05, 0.1) is 11.4 Å². The molecule has 4 nitrogen and oxygen atoms in total. The number of halogens is 1. The Hall–Kier alpha value is -2.45. The van der Waals surface area contributed by atoms with Gasteiger partial charge >= 0.3 is 0 Å². The van der Waals surface area contributed by atoms with E-state index in [1.165, 1.54) is 6.07 Å². The zero-order valence-electron chi connectivity index (χ0n) is 13.7. The van der Waals surface area contributed by atoms with Crippen molar-refractivity contribution >= 4 is 5.69 Å². The fourth-order valence-corrected chi connectivity index (χ4v) is 3.27. The lowest BCUT2D eigenvalue weighted by Gasteiger charge is -2.37. The van der Waals surface area contributed by atoms with Gasteiger partial charge in [-0.3, -0.25) is 9.88 Å². The van der Waals surface area contributed by atoms with Gasteiger partial charge in [-0.25, -0.2) is 4.39 Å². The molecule has 1 saturated heterocycles. The monoisotopic (exact) mass is 324 g/mol. The second kappa shape index (κ2) is 7.41. The molecule has 24 heavy (non-hydrogen) atoms. The number of pyridine rings is 1. The van der Waals surface area contributed by atoms with Crippen LogP contribution in [0.3, 0.4) is 0 Å². The third-order valence-electron chi connectivity index (χ3n) is 4.57. The van der Waals surface area contributed by atoms with Crippen molar-refractivity contribution in [2.24, 2.45) is 5.92 Å². The van der Waals surface area contributed by atoms with Gasteiger partial charge in [-0.15, -0.1) is 0 Å². The highest BCUT2D eigenvalue weighted by Crippen LogP contribution is 2.25. The summed E-state index contributed by atoms with van der Waals surface area (Å²) in [5.74, 6) is -0.0694. The second-order valence-corrected chi connectivity index (χ2v) is 6.35. The van der Waals surface area contributed by atoms with E-state index in [1.807, 2.05) is 30.5 Å². The van der Waals surface area contributed by atoms with E-state index in [4.69, 9.17) is 5.26 Å². The van der Waals surface area contributed by atoms with Crippen molar-refractivity contribution in [2.45, 2.75) is 25.9 Å². The topological polar surface area (TPSA) is 52.0 Å². The van der Waals surface area contributed by atoms with Gasteiger partial charge in [-0.2, -0.15) is 5.26 Å². The number of piperidine rings is 1.